The number of carbonyl (C=O) groups is 1. The first-order chi connectivity index (χ1) is 17.9. The summed E-state index contributed by atoms with van der Waals surface area (Å²) in [5.41, 5.74) is 8.07. The number of carbonyl (C=O) groups excluding carboxylic acids is 1. The molecule has 0 radical (unpaired) electrons. The standard InChI is InChI=1S/C28H34FN3O4S2/c1-20(22-9-11-24(29)12-10-22)31-27(34)23-15-25(32(2)38(3,35)36)17-26(16-23)37-14-13-28(30,19-33)18-21-7-5-4-6-8-21/h4-12,15-17,20,33H,13-14,18-19,30H2,1-3H3,(H,31,34)/t20-,28?/m1/s1. The Morgan fingerprint density at radius 2 is 1.79 bits per heavy atom. The number of hydrogen-bond donors (Lipinski definition) is 3. The van der Waals surface area contributed by atoms with Gasteiger partial charge in [-0.05, 0) is 67.0 Å². The quantitative estimate of drug-likeness (QED) is 0.288. The van der Waals surface area contributed by atoms with Gasteiger partial charge in [0, 0.05) is 23.0 Å². The number of benzene rings is 3. The van der Waals surface area contributed by atoms with Gasteiger partial charge < -0.3 is 16.2 Å². The molecule has 0 aromatic heterocycles. The van der Waals surface area contributed by atoms with Gasteiger partial charge in [-0.2, -0.15) is 0 Å². The van der Waals surface area contributed by atoms with Crippen molar-refractivity contribution in [1.82, 2.24) is 5.32 Å². The summed E-state index contributed by atoms with van der Waals surface area (Å²) in [4.78, 5) is 13.8. The van der Waals surface area contributed by atoms with Crippen LogP contribution in [0.25, 0.3) is 0 Å². The van der Waals surface area contributed by atoms with E-state index in [4.69, 9.17) is 5.73 Å². The molecule has 7 nitrogen and oxygen atoms in total. The molecule has 204 valence electrons. The summed E-state index contributed by atoms with van der Waals surface area (Å²) in [5.74, 6) is -0.208. The second kappa shape index (κ2) is 12.8. The number of rotatable bonds is 12. The Labute approximate surface area is 228 Å². The first-order valence-corrected chi connectivity index (χ1v) is 15.0. The second-order valence-electron chi connectivity index (χ2n) is 9.47. The van der Waals surface area contributed by atoms with Crippen LogP contribution >= 0.6 is 11.8 Å². The molecule has 2 atom stereocenters. The Morgan fingerprint density at radius 3 is 2.39 bits per heavy atom. The maximum absolute atomic E-state index is 13.3. The summed E-state index contributed by atoms with van der Waals surface area (Å²) in [6, 6.07) is 20.1. The lowest BCUT2D eigenvalue weighted by molar-refractivity contribution is 0.0939. The molecule has 0 fully saturated rings. The third-order valence-corrected chi connectivity index (χ3v) is 8.50. The summed E-state index contributed by atoms with van der Waals surface area (Å²) in [6.07, 6.45) is 2.10. The van der Waals surface area contributed by atoms with E-state index in [-0.39, 0.29) is 18.3 Å². The van der Waals surface area contributed by atoms with Gasteiger partial charge in [0.1, 0.15) is 5.82 Å². The zero-order valence-electron chi connectivity index (χ0n) is 21.7. The molecule has 0 aliphatic rings. The second-order valence-corrected chi connectivity index (χ2v) is 12.7. The zero-order chi connectivity index (χ0) is 27.9. The highest BCUT2D eigenvalue weighted by Crippen LogP contribution is 2.29. The number of nitrogens with zero attached hydrogens (tertiary/aromatic N) is 1. The van der Waals surface area contributed by atoms with Crippen molar-refractivity contribution in [2.45, 2.75) is 36.2 Å². The number of aliphatic hydroxyl groups is 1. The first-order valence-electron chi connectivity index (χ1n) is 12.1. The van der Waals surface area contributed by atoms with Gasteiger partial charge in [0.25, 0.3) is 5.91 Å². The number of thioether (sulfide) groups is 1. The topological polar surface area (TPSA) is 113 Å². The molecule has 3 rings (SSSR count). The van der Waals surface area contributed by atoms with Crippen LogP contribution in [0.15, 0.2) is 77.7 Å². The van der Waals surface area contributed by atoms with Crippen molar-refractivity contribution in [3.05, 3.63) is 95.3 Å². The number of anilines is 1. The fourth-order valence-corrected chi connectivity index (χ4v) is 5.53. The average Bonchev–Trinajstić information content (AvgIpc) is 2.88. The summed E-state index contributed by atoms with van der Waals surface area (Å²) < 4.78 is 38.8. The van der Waals surface area contributed by atoms with Crippen LogP contribution in [-0.4, -0.2) is 50.6 Å². The molecular weight excluding hydrogens is 525 g/mol. The number of hydrogen-bond acceptors (Lipinski definition) is 6. The molecule has 10 heteroatoms. The predicted molar refractivity (Wildman–Crippen MR) is 151 cm³/mol. The highest BCUT2D eigenvalue weighted by molar-refractivity contribution is 7.99. The Bertz CT molecular complexity index is 1340. The van der Waals surface area contributed by atoms with Crippen LogP contribution in [-0.2, 0) is 16.4 Å². The summed E-state index contributed by atoms with van der Waals surface area (Å²) >= 11 is 1.43. The maximum atomic E-state index is 13.3. The zero-order valence-corrected chi connectivity index (χ0v) is 23.4. The van der Waals surface area contributed by atoms with Gasteiger partial charge in [-0.3, -0.25) is 9.10 Å². The number of nitrogens with one attached hydrogen (secondary N) is 1. The van der Waals surface area contributed by atoms with Crippen molar-refractivity contribution >= 4 is 33.4 Å². The Hall–Kier alpha value is -2.92. The van der Waals surface area contributed by atoms with Crippen LogP contribution in [0.5, 0.6) is 0 Å². The largest absolute Gasteiger partial charge is 0.394 e. The molecule has 1 unspecified atom stereocenters. The van der Waals surface area contributed by atoms with Gasteiger partial charge in [0.2, 0.25) is 10.0 Å². The van der Waals surface area contributed by atoms with Crippen LogP contribution in [0.4, 0.5) is 10.1 Å². The maximum Gasteiger partial charge on any atom is 0.251 e. The van der Waals surface area contributed by atoms with Crippen LogP contribution < -0.4 is 15.4 Å². The Morgan fingerprint density at radius 1 is 1.13 bits per heavy atom. The molecule has 3 aromatic carbocycles. The average molecular weight is 560 g/mol. The molecule has 3 aromatic rings. The molecule has 0 saturated heterocycles. The number of sulfonamides is 1. The monoisotopic (exact) mass is 559 g/mol. The van der Waals surface area contributed by atoms with Crippen molar-refractivity contribution in [2.75, 3.05) is 30.0 Å². The van der Waals surface area contributed by atoms with Crippen LogP contribution in [0.2, 0.25) is 0 Å². The van der Waals surface area contributed by atoms with E-state index >= 15 is 0 Å². The molecule has 1 amide bonds. The minimum atomic E-state index is -3.56. The molecule has 0 spiro atoms. The summed E-state index contributed by atoms with van der Waals surface area (Å²) in [7, 11) is -2.13. The molecule has 38 heavy (non-hydrogen) atoms. The smallest absolute Gasteiger partial charge is 0.251 e. The fraction of sp³-hybridized carbons (Fsp3) is 0.321. The van der Waals surface area contributed by atoms with Gasteiger partial charge >= 0.3 is 0 Å². The van der Waals surface area contributed by atoms with Gasteiger partial charge in [-0.25, -0.2) is 12.8 Å². The molecule has 0 saturated carbocycles. The number of nitrogens with two attached hydrogens (primary N) is 1. The minimum absolute atomic E-state index is 0.186. The van der Waals surface area contributed by atoms with Crippen molar-refractivity contribution in [3.63, 3.8) is 0 Å². The Balaban J connectivity index is 1.79. The van der Waals surface area contributed by atoms with E-state index in [2.05, 4.69) is 5.32 Å². The summed E-state index contributed by atoms with van der Waals surface area (Å²) in [5, 5.41) is 12.9. The van der Waals surface area contributed by atoms with E-state index in [9.17, 15) is 22.7 Å². The fourth-order valence-electron chi connectivity index (χ4n) is 3.88. The molecule has 4 N–H and O–H groups in total. The minimum Gasteiger partial charge on any atom is -0.394 e. The van der Waals surface area contributed by atoms with E-state index in [1.54, 1.807) is 31.2 Å². The normalized spacial score (nSPS) is 13.9. The van der Waals surface area contributed by atoms with Crippen LogP contribution in [0.3, 0.4) is 0 Å². The van der Waals surface area contributed by atoms with Crippen LogP contribution in [0, 0.1) is 5.82 Å². The SMILES string of the molecule is C[C@@H](NC(=O)c1cc(SCCC(N)(CO)Cc2ccccc2)cc(N(C)S(C)(=O)=O)c1)c1ccc(F)cc1. The summed E-state index contributed by atoms with van der Waals surface area (Å²) in [6.45, 7) is 1.60. The molecule has 0 aliphatic carbocycles. The Kier molecular flexibility index (Phi) is 9.94. The van der Waals surface area contributed by atoms with E-state index in [0.717, 1.165) is 21.7 Å². The first kappa shape index (κ1) is 29.6. The third-order valence-electron chi connectivity index (χ3n) is 6.31. The van der Waals surface area contributed by atoms with Crippen molar-refractivity contribution in [2.24, 2.45) is 5.73 Å². The van der Waals surface area contributed by atoms with Crippen LogP contribution in [0.1, 0.15) is 40.9 Å². The van der Waals surface area contributed by atoms with Gasteiger partial charge in [0.15, 0.2) is 0 Å². The van der Waals surface area contributed by atoms with E-state index in [1.807, 2.05) is 30.3 Å². The number of halogens is 1. The molecule has 0 bridgehead atoms. The lowest BCUT2D eigenvalue weighted by Crippen LogP contribution is -2.46. The van der Waals surface area contributed by atoms with E-state index < -0.39 is 21.6 Å². The van der Waals surface area contributed by atoms with E-state index in [0.29, 0.717) is 34.7 Å². The molecular formula is C28H34FN3O4S2. The van der Waals surface area contributed by atoms with Crippen molar-refractivity contribution in [3.8, 4) is 0 Å². The van der Waals surface area contributed by atoms with Gasteiger partial charge in [-0.15, -0.1) is 11.8 Å². The third kappa shape index (κ3) is 8.29. The predicted octanol–water partition coefficient (Wildman–Crippen LogP) is 4.13. The number of aliphatic hydroxyl groups excluding tert-OH is 1. The van der Waals surface area contributed by atoms with Gasteiger partial charge in [-0.1, -0.05) is 42.5 Å². The molecule has 0 heterocycles. The number of amides is 1. The highest BCUT2D eigenvalue weighted by Gasteiger charge is 2.25. The van der Waals surface area contributed by atoms with E-state index in [1.165, 1.54) is 37.0 Å². The lowest BCUT2D eigenvalue weighted by atomic mass is 9.90. The lowest BCUT2D eigenvalue weighted by Gasteiger charge is -2.27. The van der Waals surface area contributed by atoms with Crippen molar-refractivity contribution in [1.29, 1.82) is 0 Å². The molecule has 0 aliphatic heterocycles. The highest BCUT2D eigenvalue weighted by atomic mass is 32.2. The van der Waals surface area contributed by atoms with Crippen molar-refractivity contribution < 1.29 is 22.7 Å². The van der Waals surface area contributed by atoms with Gasteiger partial charge in [0.05, 0.1) is 24.6 Å².